The van der Waals surface area contributed by atoms with Crippen LogP contribution in [0, 0.1) is 0 Å². The fourth-order valence-corrected chi connectivity index (χ4v) is 1.32. The zero-order valence-corrected chi connectivity index (χ0v) is 11.1. The normalized spacial score (nSPS) is 16.2. The summed E-state index contributed by atoms with van der Waals surface area (Å²) >= 11 is 11.6. The molecule has 1 aromatic rings. The molecule has 0 saturated carbocycles. The zero-order chi connectivity index (χ0) is 13.1. The molecular weight excluding hydrogens is 263 g/mol. The van der Waals surface area contributed by atoms with Crippen molar-refractivity contribution in [3.8, 4) is 0 Å². The van der Waals surface area contributed by atoms with Crippen LogP contribution in [0.25, 0.3) is 0 Å². The number of hydrogen-bond donors (Lipinski definition) is 1. The Balaban J connectivity index is 2.56. The van der Waals surface area contributed by atoms with Gasteiger partial charge >= 0.3 is 5.97 Å². The number of ether oxygens (including phenoxy) is 1. The van der Waals surface area contributed by atoms with Gasteiger partial charge in [-0.15, -0.1) is 11.6 Å². The van der Waals surface area contributed by atoms with E-state index in [9.17, 15) is 4.79 Å². The first-order chi connectivity index (χ1) is 7.84. The minimum atomic E-state index is -1.42. The number of rotatable bonds is 5. The summed E-state index contributed by atoms with van der Waals surface area (Å²) in [6.45, 7) is 3.36. The quantitative estimate of drug-likeness (QED) is 0.840. The Hall–Kier alpha value is -0.770. The molecule has 1 aromatic carbocycles. The Morgan fingerprint density at radius 3 is 2.47 bits per heavy atom. The van der Waals surface area contributed by atoms with Crippen LogP contribution < -0.4 is 0 Å². The first-order valence-electron chi connectivity index (χ1n) is 5.12. The van der Waals surface area contributed by atoms with Crippen molar-refractivity contribution >= 4 is 29.2 Å². The Labute approximate surface area is 110 Å². The highest BCUT2D eigenvalue weighted by Crippen LogP contribution is 2.23. The van der Waals surface area contributed by atoms with E-state index < -0.39 is 16.9 Å². The summed E-state index contributed by atoms with van der Waals surface area (Å²) in [5.41, 5.74) is 0.916. The van der Waals surface area contributed by atoms with Crippen molar-refractivity contribution in [2.75, 3.05) is 0 Å². The molecule has 0 saturated heterocycles. The van der Waals surface area contributed by atoms with Gasteiger partial charge in [0, 0.05) is 5.02 Å². The van der Waals surface area contributed by atoms with Crippen molar-refractivity contribution in [3.05, 3.63) is 34.9 Å². The lowest BCUT2D eigenvalue weighted by Gasteiger charge is -2.24. The summed E-state index contributed by atoms with van der Waals surface area (Å²) in [6.07, 6.45) is -0.600. The largest absolute Gasteiger partial charge is 0.480 e. The smallest absolute Gasteiger partial charge is 0.327 e. The summed E-state index contributed by atoms with van der Waals surface area (Å²) < 4.78 is 5.44. The van der Waals surface area contributed by atoms with Crippen molar-refractivity contribution < 1.29 is 14.6 Å². The third-order valence-corrected chi connectivity index (χ3v) is 3.32. The van der Waals surface area contributed by atoms with E-state index in [1.54, 1.807) is 19.1 Å². The molecule has 0 aliphatic carbocycles. The van der Waals surface area contributed by atoms with Crippen molar-refractivity contribution in [2.24, 2.45) is 0 Å². The third-order valence-electron chi connectivity index (χ3n) is 2.59. The van der Waals surface area contributed by atoms with Gasteiger partial charge in [0.25, 0.3) is 0 Å². The van der Waals surface area contributed by atoms with E-state index in [1.807, 2.05) is 12.1 Å². The Morgan fingerprint density at radius 2 is 2.00 bits per heavy atom. The second-order valence-corrected chi connectivity index (χ2v) is 5.18. The van der Waals surface area contributed by atoms with Crippen LogP contribution >= 0.6 is 23.2 Å². The van der Waals surface area contributed by atoms with Crippen molar-refractivity contribution in [1.29, 1.82) is 0 Å². The topological polar surface area (TPSA) is 46.5 Å². The number of aliphatic carboxylic acids is 1. The SMILES string of the molecule is CC(OCc1ccc(Cl)cc1)C(C)(Cl)C(=O)O. The van der Waals surface area contributed by atoms with Crippen LogP contribution in [0.3, 0.4) is 0 Å². The summed E-state index contributed by atoms with van der Waals surface area (Å²) in [5, 5.41) is 9.56. The van der Waals surface area contributed by atoms with Gasteiger partial charge in [0.1, 0.15) is 0 Å². The van der Waals surface area contributed by atoms with E-state index in [4.69, 9.17) is 33.0 Å². The number of carboxylic acids is 1. The molecule has 0 aliphatic heterocycles. The van der Waals surface area contributed by atoms with Crippen LogP contribution in [0.1, 0.15) is 19.4 Å². The lowest BCUT2D eigenvalue weighted by molar-refractivity contribution is -0.144. The molecule has 0 aliphatic rings. The van der Waals surface area contributed by atoms with Gasteiger partial charge in [-0.1, -0.05) is 23.7 Å². The Morgan fingerprint density at radius 1 is 1.47 bits per heavy atom. The van der Waals surface area contributed by atoms with E-state index in [-0.39, 0.29) is 0 Å². The van der Waals surface area contributed by atoms with Crippen molar-refractivity contribution in [3.63, 3.8) is 0 Å². The van der Waals surface area contributed by atoms with E-state index in [0.717, 1.165) is 5.56 Å². The average molecular weight is 277 g/mol. The lowest BCUT2D eigenvalue weighted by atomic mass is 10.1. The number of hydrogen-bond acceptors (Lipinski definition) is 2. The van der Waals surface area contributed by atoms with Crippen molar-refractivity contribution in [1.82, 2.24) is 0 Å². The van der Waals surface area contributed by atoms with Crippen LogP contribution in [-0.4, -0.2) is 22.1 Å². The van der Waals surface area contributed by atoms with Gasteiger partial charge in [-0.25, -0.2) is 0 Å². The highest BCUT2D eigenvalue weighted by atomic mass is 35.5. The first kappa shape index (κ1) is 14.3. The molecule has 0 amide bonds. The molecule has 0 aromatic heterocycles. The van der Waals surface area contributed by atoms with Crippen LogP contribution in [0.2, 0.25) is 5.02 Å². The molecule has 0 radical (unpaired) electrons. The van der Waals surface area contributed by atoms with Gasteiger partial charge in [0.15, 0.2) is 4.87 Å². The third kappa shape index (κ3) is 3.87. The molecule has 3 nitrogen and oxygen atoms in total. The van der Waals surface area contributed by atoms with Crippen LogP contribution in [0.15, 0.2) is 24.3 Å². The Bertz CT molecular complexity index is 387. The highest BCUT2D eigenvalue weighted by molar-refractivity contribution is 6.34. The molecular formula is C12H14Cl2O3. The monoisotopic (exact) mass is 276 g/mol. The number of halogens is 2. The van der Waals surface area contributed by atoms with Gasteiger partial charge < -0.3 is 9.84 Å². The van der Waals surface area contributed by atoms with Gasteiger partial charge in [-0.3, -0.25) is 4.79 Å². The van der Waals surface area contributed by atoms with Crippen molar-refractivity contribution in [2.45, 2.75) is 31.4 Å². The molecule has 2 atom stereocenters. The second-order valence-electron chi connectivity index (χ2n) is 3.96. The lowest BCUT2D eigenvalue weighted by Crippen LogP contribution is -2.41. The average Bonchev–Trinajstić information content (AvgIpc) is 2.27. The molecule has 0 fully saturated rings. The molecule has 94 valence electrons. The van der Waals surface area contributed by atoms with Crippen LogP contribution in [0.4, 0.5) is 0 Å². The predicted octanol–water partition coefficient (Wildman–Crippen LogP) is 3.33. The molecule has 1 N–H and O–H groups in total. The molecule has 2 unspecified atom stereocenters. The summed E-state index contributed by atoms with van der Waals surface area (Å²) in [6, 6.07) is 7.15. The minimum absolute atomic E-state index is 0.300. The number of carboxylic acid groups (broad SMARTS) is 1. The summed E-state index contributed by atoms with van der Waals surface area (Å²) in [4.78, 5) is 9.46. The van der Waals surface area contributed by atoms with Crippen LogP contribution in [0.5, 0.6) is 0 Å². The fourth-order valence-electron chi connectivity index (χ4n) is 1.13. The summed E-state index contributed by atoms with van der Waals surface area (Å²) in [7, 11) is 0. The maximum Gasteiger partial charge on any atom is 0.327 e. The standard InChI is InChI=1S/C12H14Cl2O3/c1-8(12(2,14)11(15)16)17-7-9-3-5-10(13)6-4-9/h3-6,8H,7H2,1-2H3,(H,15,16). The molecule has 17 heavy (non-hydrogen) atoms. The van der Waals surface area contributed by atoms with Gasteiger partial charge in [0.05, 0.1) is 12.7 Å². The maximum atomic E-state index is 10.9. The van der Waals surface area contributed by atoms with Gasteiger partial charge in [-0.05, 0) is 31.5 Å². The molecule has 1 rings (SSSR count). The van der Waals surface area contributed by atoms with E-state index in [2.05, 4.69) is 0 Å². The van der Waals surface area contributed by atoms with E-state index >= 15 is 0 Å². The maximum absolute atomic E-state index is 10.9. The summed E-state index contributed by atoms with van der Waals surface area (Å²) in [5.74, 6) is -1.09. The van der Waals surface area contributed by atoms with Gasteiger partial charge in [-0.2, -0.15) is 0 Å². The van der Waals surface area contributed by atoms with E-state index in [0.29, 0.717) is 11.6 Å². The first-order valence-corrected chi connectivity index (χ1v) is 5.88. The van der Waals surface area contributed by atoms with Gasteiger partial charge in [0.2, 0.25) is 0 Å². The number of alkyl halides is 1. The van der Waals surface area contributed by atoms with E-state index in [1.165, 1.54) is 6.92 Å². The fraction of sp³-hybridized carbons (Fsp3) is 0.417. The second kappa shape index (κ2) is 5.71. The highest BCUT2D eigenvalue weighted by Gasteiger charge is 2.37. The Kier molecular flexibility index (Phi) is 4.80. The number of benzene rings is 1. The molecule has 0 heterocycles. The minimum Gasteiger partial charge on any atom is -0.480 e. The molecule has 0 bridgehead atoms. The molecule has 0 spiro atoms. The van der Waals surface area contributed by atoms with Crippen LogP contribution in [-0.2, 0) is 16.1 Å². The molecule has 5 heteroatoms. The number of carbonyl (C=O) groups is 1. The zero-order valence-electron chi connectivity index (χ0n) is 9.61. The predicted molar refractivity (Wildman–Crippen MR) is 67.6 cm³/mol.